The topological polar surface area (TPSA) is 53.4 Å². The van der Waals surface area contributed by atoms with Gasteiger partial charge in [-0.05, 0) is 24.1 Å². The van der Waals surface area contributed by atoms with Crippen LogP contribution in [-0.4, -0.2) is 34.5 Å². The number of benzene rings is 1. The zero-order valence-electron chi connectivity index (χ0n) is 10.8. The Hall–Kier alpha value is -2.36. The van der Waals surface area contributed by atoms with E-state index in [1.165, 1.54) is 17.8 Å². The van der Waals surface area contributed by atoms with Gasteiger partial charge in [0.05, 0.1) is 0 Å². The Labute approximate surface area is 112 Å². The predicted octanol–water partition coefficient (Wildman–Crippen LogP) is 2.10. The zero-order chi connectivity index (χ0) is 13.7. The average molecular weight is 256 g/mol. The van der Waals surface area contributed by atoms with Crippen molar-refractivity contribution in [3.63, 3.8) is 0 Å². The minimum atomic E-state index is -0.269. The number of carbonyl (C=O) groups excluding carboxylic acids is 1. The summed E-state index contributed by atoms with van der Waals surface area (Å²) in [5, 5.41) is 9.61. The predicted molar refractivity (Wildman–Crippen MR) is 73.0 cm³/mol. The normalized spacial score (nSPS) is 10.2. The molecule has 98 valence electrons. The number of aromatic hydroxyl groups is 1. The van der Waals surface area contributed by atoms with Crippen molar-refractivity contribution in [2.24, 2.45) is 0 Å². The number of hydrogen-bond donors (Lipinski definition) is 1. The highest BCUT2D eigenvalue weighted by Crippen LogP contribution is 2.14. The first kappa shape index (κ1) is 13.1. The Bertz CT molecular complexity index is 555. The molecule has 0 spiro atoms. The molecule has 1 heterocycles. The number of likely N-dealkylation sites (N-methyl/N-ethyl adjacent to an activating group) is 1. The fourth-order valence-corrected chi connectivity index (χ4v) is 1.79. The monoisotopic (exact) mass is 256 g/mol. The lowest BCUT2D eigenvalue weighted by Crippen LogP contribution is -2.29. The lowest BCUT2D eigenvalue weighted by Gasteiger charge is -2.17. The van der Waals surface area contributed by atoms with E-state index in [4.69, 9.17) is 0 Å². The largest absolute Gasteiger partial charge is 0.505 e. The van der Waals surface area contributed by atoms with E-state index in [1.54, 1.807) is 18.0 Å². The van der Waals surface area contributed by atoms with E-state index in [2.05, 4.69) is 4.98 Å². The first-order valence-corrected chi connectivity index (χ1v) is 6.12. The standard InChI is InChI=1S/C15H16N2O2/c1-17(11-9-12-6-3-2-4-7-12)15(19)14-13(18)8-5-10-16-14/h2-8,10,18H,9,11H2,1H3. The molecule has 0 atom stereocenters. The van der Waals surface area contributed by atoms with Gasteiger partial charge >= 0.3 is 0 Å². The highest BCUT2D eigenvalue weighted by molar-refractivity contribution is 5.94. The van der Waals surface area contributed by atoms with Crippen LogP contribution in [0.4, 0.5) is 0 Å². The second-order valence-corrected chi connectivity index (χ2v) is 4.33. The number of aromatic nitrogens is 1. The molecule has 1 aromatic carbocycles. The molecule has 0 unspecified atom stereocenters. The summed E-state index contributed by atoms with van der Waals surface area (Å²) in [7, 11) is 1.71. The lowest BCUT2D eigenvalue weighted by molar-refractivity contribution is 0.0787. The highest BCUT2D eigenvalue weighted by atomic mass is 16.3. The fraction of sp³-hybridized carbons (Fsp3) is 0.200. The van der Waals surface area contributed by atoms with Crippen molar-refractivity contribution in [1.82, 2.24) is 9.88 Å². The number of nitrogens with zero attached hydrogens (tertiary/aromatic N) is 2. The van der Waals surface area contributed by atoms with Gasteiger partial charge in [0.15, 0.2) is 5.69 Å². The minimum Gasteiger partial charge on any atom is -0.505 e. The van der Waals surface area contributed by atoms with Crippen molar-refractivity contribution in [2.75, 3.05) is 13.6 Å². The Morgan fingerprint density at radius 3 is 2.63 bits per heavy atom. The van der Waals surface area contributed by atoms with E-state index >= 15 is 0 Å². The first-order chi connectivity index (χ1) is 9.18. The quantitative estimate of drug-likeness (QED) is 0.911. The van der Waals surface area contributed by atoms with Gasteiger partial charge in [-0.3, -0.25) is 4.79 Å². The Kier molecular flexibility index (Phi) is 4.13. The molecule has 0 aliphatic rings. The molecular formula is C15H16N2O2. The molecule has 0 aliphatic carbocycles. The lowest BCUT2D eigenvalue weighted by atomic mass is 10.1. The zero-order valence-corrected chi connectivity index (χ0v) is 10.8. The summed E-state index contributed by atoms with van der Waals surface area (Å²) in [5.41, 5.74) is 1.27. The molecule has 2 aromatic rings. The molecular weight excluding hydrogens is 240 g/mol. The molecule has 19 heavy (non-hydrogen) atoms. The second kappa shape index (κ2) is 6.00. The van der Waals surface area contributed by atoms with Crippen molar-refractivity contribution in [1.29, 1.82) is 0 Å². The van der Waals surface area contributed by atoms with Gasteiger partial charge in [-0.1, -0.05) is 30.3 Å². The smallest absolute Gasteiger partial charge is 0.276 e. The van der Waals surface area contributed by atoms with Crippen molar-refractivity contribution in [2.45, 2.75) is 6.42 Å². The van der Waals surface area contributed by atoms with Crippen LogP contribution in [0.25, 0.3) is 0 Å². The summed E-state index contributed by atoms with van der Waals surface area (Å²) in [6.07, 6.45) is 2.27. The van der Waals surface area contributed by atoms with Crippen LogP contribution in [0.5, 0.6) is 5.75 Å². The van der Waals surface area contributed by atoms with E-state index in [1.807, 2.05) is 30.3 Å². The van der Waals surface area contributed by atoms with Crippen LogP contribution >= 0.6 is 0 Å². The van der Waals surface area contributed by atoms with Crippen LogP contribution in [-0.2, 0) is 6.42 Å². The van der Waals surface area contributed by atoms with Crippen LogP contribution in [0.15, 0.2) is 48.7 Å². The van der Waals surface area contributed by atoms with Gasteiger partial charge in [0.25, 0.3) is 5.91 Å². The van der Waals surface area contributed by atoms with Gasteiger partial charge in [0, 0.05) is 19.8 Å². The molecule has 2 rings (SSSR count). The summed E-state index contributed by atoms with van der Waals surface area (Å²) in [6.45, 7) is 0.582. The Morgan fingerprint density at radius 1 is 1.21 bits per heavy atom. The number of hydrogen-bond acceptors (Lipinski definition) is 3. The summed E-state index contributed by atoms with van der Waals surface area (Å²) < 4.78 is 0. The van der Waals surface area contributed by atoms with E-state index in [-0.39, 0.29) is 17.4 Å². The maximum absolute atomic E-state index is 12.1. The third kappa shape index (κ3) is 3.31. The molecule has 1 amide bonds. The van der Waals surface area contributed by atoms with Gasteiger partial charge in [0.2, 0.25) is 0 Å². The van der Waals surface area contributed by atoms with Gasteiger partial charge in [-0.25, -0.2) is 4.98 Å². The van der Waals surface area contributed by atoms with Crippen LogP contribution in [0.1, 0.15) is 16.1 Å². The molecule has 0 fully saturated rings. The SMILES string of the molecule is CN(CCc1ccccc1)C(=O)c1ncccc1O. The summed E-state index contributed by atoms with van der Waals surface area (Å²) in [5.74, 6) is -0.354. The summed E-state index contributed by atoms with van der Waals surface area (Å²) in [6, 6.07) is 13.0. The molecule has 4 heteroatoms. The van der Waals surface area contributed by atoms with Crippen molar-refractivity contribution in [3.05, 3.63) is 59.9 Å². The minimum absolute atomic E-state index is 0.0842. The number of pyridine rings is 1. The third-order valence-corrected chi connectivity index (χ3v) is 2.91. The fourth-order valence-electron chi connectivity index (χ4n) is 1.79. The van der Waals surface area contributed by atoms with Crippen LogP contribution in [0, 0.1) is 0 Å². The maximum Gasteiger partial charge on any atom is 0.276 e. The third-order valence-electron chi connectivity index (χ3n) is 2.91. The Balaban J connectivity index is 1.99. The molecule has 0 bridgehead atoms. The van der Waals surface area contributed by atoms with E-state index < -0.39 is 0 Å². The molecule has 0 saturated carbocycles. The van der Waals surface area contributed by atoms with Crippen LogP contribution in [0.3, 0.4) is 0 Å². The molecule has 0 saturated heterocycles. The highest BCUT2D eigenvalue weighted by Gasteiger charge is 2.16. The first-order valence-electron chi connectivity index (χ1n) is 6.12. The second-order valence-electron chi connectivity index (χ2n) is 4.33. The van der Waals surface area contributed by atoms with E-state index in [0.717, 1.165) is 6.42 Å². The van der Waals surface area contributed by atoms with E-state index in [9.17, 15) is 9.90 Å². The van der Waals surface area contributed by atoms with Crippen molar-refractivity contribution >= 4 is 5.91 Å². The molecule has 0 radical (unpaired) electrons. The molecule has 4 nitrogen and oxygen atoms in total. The van der Waals surface area contributed by atoms with Crippen LogP contribution < -0.4 is 0 Å². The van der Waals surface area contributed by atoms with Crippen molar-refractivity contribution < 1.29 is 9.90 Å². The molecule has 0 aliphatic heterocycles. The van der Waals surface area contributed by atoms with Gasteiger partial charge in [-0.2, -0.15) is 0 Å². The van der Waals surface area contributed by atoms with Gasteiger partial charge in [0.1, 0.15) is 5.75 Å². The average Bonchev–Trinajstić information content (AvgIpc) is 2.45. The summed E-state index contributed by atoms with van der Waals surface area (Å²) in [4.78, 5) is 17.6. The number of amides is 1. The van der Waals surface area contributed by atoms with E-state index in [0.29, 0.717) is 6.54 Å². The van der Waals surface area contributed by atoms with Gasteiger partial charge in [-0.15, -0.1) is 0 Å². The number of carbonyl (C=O) groups is 1. The van der Waals surface area contributed by atoms with Crippen molar-refractivity contribution in [3.8, 4) is 5.75 Å². The molecule has 1 N–H and O–H groups in total. The molecule has 1 aromatic heterocycles. The Morgan fingerprint density at radius 2 is 1.95 bits per heavy atom. The van der Waals surface area contributed by atoms with Gasteiger partial charge < -0.3 is 10.0 Å². The number of rotatable bonds is 4. The van der Waals surface area contributed by atoms with Crippen LogP contribution in [0.2, 0.25) is 0 Å². The summed E-state index contributed by atoms with van der Waals surface area (Å²) >= 11 is 0. The maximum atomic E-state index is 12.1.